The van der Waals surface area contributed by atoms with Crippen molar-refractivity contribution in [2.45, 2.75) is 19.8 Å². The minimum absolute atomic E-state index is 0.0320. The predicted octanol–water partition coefficient (Wildman–Crippen LogP) is 2.09. The van der Waals surface area contributed by atoms with Crippen LogP contribution >= 0.6 is 11.3 Å². The molecule has 1 amide bonds. The van der Waals surface area contributed by atoms with E-state index < -0.39 is 0 Å². The van der Waals surface area contributed by atoms with Crippen LogP contribution in [0.15, 0.2) is 11.4 Å². The van der Waals surface area contributed by atoms with E-state index in [9.17, 15) is 4.79 Å². The van der Waals surface area contributed by atoms with E-state index in [4.69, 9.17) is 5.26 Å². The van der Waals surface area contributed by atoms with Gasteiger partial charge in [0.1, 0.15) is 0 Å². The zero-order valence-corrected chi connectivity index (χ0v) is 8.86. The second-order valence-electron chi connectivity index (χ2n) is 2.95. The Morgan fingerprint density at radius 2 is 2.50 bits per heavy atom. The smallest absolute Gasteiger partial charge is 0.261 e. The number of carbonyl (C=O) groups excluding carboxylic acids is 1. The van der Waals surface area contributed by atoms with Gasteiger partial charge < -0.3 is 5.32 Å². The van der Waals surface area contributed by atoms with Crippen molar-refractivity contribution in [1.29, 1.82) is 5.26 Å². The van der Waals surface area contributed by atoms with Crippen molar-refractivity contribution in [3.05, 3.63) is 21.9 Å². The number of amides is 1. The third-order valence-electron chi connectivity index (χ3n) is 1.82. The number of nitrogens with zero attached hydrogens (tertiary/aromatic N) is 1. The molecule has 0 aliphatic heterocycles. The van der Waals surface area contributed by atoms with Crippen molar-refractivity contribution >= 4 is 17.2 Å². The summed E-state index contributed by atoms with van der Waals surface area (Å²) in [7, 11) is 0. The Labute approximate surface area is 87.4 Å². The lowest BCUT2D eigenvalue weighted by Gasteiger charge is -2.01. The fourth-order valence-corrected chi connectivity index (χ4v) is 1.90. The summed E-state index contributed by atoms with van der Waals surface area (Å²) in [6.45, 7) is 2.49. The number of nitrogens with one attached hydrogen (secondary N) is 1. The van der Waals surface area contributed by atoms with Crippen molar-refractivity contribution in [2.75, 3.05) is 6.54 Å². The summed E-state index contributed by atoms with van der Waals surface area (Å²) in [6, 6.07) is 3.96. The quantitative estimate of drug-likeness (QED) is 0.770. The Kier molecular flexibility index (Phi) is 4.14. The van der Waals surface area contributed by atoms with Gasteiger partial charge in [0.25, 0.3) is 5.91 Å². The molecule has 0 radical (unpaired) electrons. The first-order valence-corrected chi connectivity index (χ1v) is 5.33. The number of hydrogen-bond acceptors (Lipinski definition) is 3. The van der Waals surface area contributed by atoms with Crippen molar-refractivity contribution < 1.29 is 4.79 Å². The van der Waals surface area contributed by atoms with Gasteiger partial charge >= 0.3 is 0 Å². The van der Waals surface area contributed by atoms with Crippen LogP contribution in [-0.4, -0.2) is 12.5 Å². The van der Waals surface area contributed by atoms with Gasteiger partial charge in [0.15, 0.2) is 0 Å². The molecule has 1 N–H and O–H groups in total. The Balaban J connectivity index is 2.37. The standard InChI is InChI=1S/C10H12N2OS/c1-8-4-7-14-9(8)10(13)12-6-3-2-5-11/h4,7H,2-3,6H2,1H3,(H,12,13). The first-order chi connectivity index (χ1) is 6.75. The van der Waals surface area contributed by atoms with E-state index in [2.05, 4.69) is 5.32 Å². The summed E-state index contributed by atoms with van der Waals surface area (Å²) < 4.78 is 0. The average Bonchev–Trinajstić information content (AvgIpc) is 2.59. The van der Waals surface area contributed by atoms with Crippen LogP contribution in [0, 0.1) is 18.3 Å². The monoisotopic (exact) mass is 208 g/mol. The van der Waals surface area contributed by atoms with Gasteiger partial charge in [0.2, 0.25) is 0 Å². The van der Waals surface area contributed by atoms with Crippen molar-refractivity contribution in [3.63, 3.8) is 0 Å². The maximum absolute atomic E-state index is 11.5. The van der Waals surface area contributed by atoms with Crippen molar-refractivity contribution in [3.8, 4) is 6.07 Å². The molecule has 0 unspecified atom stereocenters. The molecule has 0 bridgehead atoms. The Morgan fingerprint density at radius 1 is 1.71 bits per heavy atom. The van der Waals surface area contributed by atoms with Crippen LogP contribution in [0.3, 0.4) is 0 Å². The third-order valence-corrected chi connectivity index (χ3v) is 2.83. The molecule has 1 heterocycles. The fourth-order valence-electron chi connectivity index (χ4n) is 1.05. The molecular weight excluding hydrogens is 196 g/mol. The summed E-state index contributed by atoms with van der Waals surface area (Å²) in [5, 5.41) is 13.0. The number of thiophene rings is 1. The summed E-state index contributed by atoms with van der Waals surface area (Å²) in [4.78, 5) is 12.3. The molecule has 0 aromatic carbocycles. The maximum atomic E-state index is 11.5. The van der Waals surface area contributed by atoms with Gasteiger partial charge in [-0.25, -0.2) is 0 Å². The number of unbranched alkanes of at least 4 members (excludes halogenated alkanes) is 1. The molecule has 0 spiro atoms. The topological polar surface area (TPSA) is 52.9 Å². The number of hydrogen-bond donors (Lipinski definition) is 1. The van der Waals surface area contributed by atoms with Gasteiger partial charge in [-0.15, -0.1) is 11.3 Å². The van der Waals surface area contributed by atoms with Gasteiger partial charge in [0, 0.05) is 13.0 Å². The third kappa shape index (κ3) is 2.86. The zero-order valence-electron chi connectivity index (χ0n) is 8.04. The molecular formula is C10H12N2OS. The summed E-state index contributed by atoms with van der Waals surface area (Å²) in [6.07, 6.45) is 1.20. The lowest BCUT2D eigenvalue weighted by molar-refractivity contribution is 0.0957. The largest absolute Gasteiger partial charge is 0.351 e. The van der Waals surface area contributed by atoms with E-state index in [0.29, 0.717) is 19.4 Å². The van der Waals surface area contributed by atoms with E-state index in [1.807, 2.05) is 24.4 Å². The summed E-state index contributed by atoms with van der Waals surface area (Å²) >= 11 is 1.44. The molecule has 0 aliphatic carbocycles. The van der Waals surface area contributed by atoms with Crippen molar-refractivity contribution in [2.24, 2.45) is 0 Å². The fraction of sp³-hybridized carbons (Fsp3) is 0.400. The van der Waals surface area contributed by atoms with Gasteiger partial charge in [-0.05, 0) is 30.4 Å². The number of aryl methyl sites for hydroxylation is 1. The SMILES string of the molecule is Cc1ccsc1C(=O)NCCCC#N. The molecule has 0 saturated heterocycles. The predicted molar refractivity (Wildman–Crippen MR) is 56.2 cm³/mol. The zero-order chi connectivity index (χ0) is 10.4. The normalized spacial score (nSPS) is 9.43. The van der Waals surface area contributed by atoms with E-state index in [-0.39, 0.29) is 5.91 Å². The first kappa shape index (κ1) is 10.7. The molecule has 14 heavy (non-hydrogen) atoms. The van der Waals surface area contributed by atoms with Gasteiger partial charge in [-0.3, -0.25) is 4.79 Å². The molecule has 0 saturated carbocycles. The lowest BCUT2D eigenvalue weighted by atomic mass is 10.2. The number of nitriles is 1. The molecule has 1 aromatic heterocycles. The highest BCUT2D eigenvalue weighted by molar-refractivity contribution is 7.12. The summed E-state index contributed by atoms with van der Waals surface area (Å²) in [5.74, 6) is -0.0320. The maximum Gasteiger partial charge on any atom is 0.261 e. The molecule has 0 atom stereocenters. The molecule has 4 heteroatoms. The van der Waals surface area contributed by atoms with Crippen LogP contribution in [0.4, 0.5) is 0 Å². The minimum atomic E-state index is -0.0320. The van der Waals surface area contributed by atoms with Gasteiger partial charge in [0.05, 0.1) is 10.9 Å². The van der Waals surface area contributed by atoms with Gasteiger partial charge in [-0.1, -0.05) is 0 Å². The van der Waals surface area contributed by atoms with Crippen LogP contribution in [0.1, 0.15) is 28.1 Å². The highest BCUT2D eigenvalue weighted by Gasteiger charge is 2.08. The Morgan fingerprint density at radius 3 is 3.07 bits per heavy atom. The molecule has 3 nitrogen and oxygen atoms in total. The van der Waals surface area contributed by atoms with E-state index >= 15 is 0 Å². The second-order valence-corrected chi connectivity index (χ2v) is 3.87. The average molecular weight is 208 g/mol. The van der Waals surface area contributed by atoms with Crippen LogP contribution in [-0.2, 0) is 0 Å². The van der Waals surface area contributed by atoms with Gasteiger partial charge in [-0.2, -0.15) is 5.26 Å². The second kappa shape index (κ2) is 5.40. The minimum Gasteiger partial charge on any atom is -0.351 e. The van der Waals surface area contributed by atoms with Crippen molar-refractivity contribution in [1.82, 2.24) is 5.32 Å². The summed E-state index contributed by atoms with van der Waals surface area (Å²) in [5.41, 5.74) is 1.01. The van der Waals surface area contributed by atoms with E-state index in [1.165, 1.54) is 11.3 Å². The Hall–Kier alpha value is -1.34. The Bertz CT molecular complexity index is 351. The molecule has 0 aliphatic rings. The van der Waals surface area contributed by atoms with Crippen LogP contribution < -0.4 is 5.32 Å². The molecule has 74 valence electrons. The lowest BCUT2D eigenvalue weighted by Crippen LogP contribution is -2.23. The molecule has 0 fully saturated rings. The van der Waals surface area contributed by atoms with Crippen LogP contribution in [0.25, 0.3) is 0 Å². The van der Waals surface area contributed by atoms with Crippen LogP contribution in [0.5, 0.6) is 0 Å². The highest BCUT2D eigenvalue weighted by Crippen LogP contribution is 2.14. The molecule has 1 aromatic rings. The number of carbonyl (C=O) groups is 1. The molecule has 1 rings (SSSR count). The van der Waals surface area contributed by atoms with E-state index in [0.717, 1.165) is 10.4 Å². The number of rotatable bonds is 4. The van der Waals surface area contributed by atoms with Crippen LogP contribution in [0.2, 0.25) is 0 Å². The highest BCUT2D eigenvalue weighted by atomic mass is 32.1. The van der Waals surface area contributed by atoms with E-state index in [1.54, 1.807) is 0 Å². The first-order valence-electron chi connectivity index (χ1n) is 4.45.